The summed E-state index contributed by atoms with van der Waals surface area (Å²) >= 11 is 12.0. The molecule has 2 aromatic heterocycles. The van der Waals surface area contributed by atoms with Crippen LogP contribution < -0.4 is 5.43 Å². The molecule has 1 aromatic carbocycles. The number of nitrogens with zero attached hydrogens (tertiary/aromatic N) is 4. The van der Waals surface area contributed by atoms with E-state index in [2.05, 4.69) is 10.3 Å². The van der Waals surface area contributed by atoms with Crippen LogP contribution in [0.25, 0.3) is 11.3 Å². The monoisotopic (exact) mass is 460 g/mol. The Morgan fingerprint density at radius 2 is 1.90 bits per heavy atom. The van der Waals surface area contributed by atoms with E-state index in [-0.39, 0.29) is 34.5 Å². The van der Waals surface area contributed by atoms with Gasteiger partial charge in [-0.05, 0) is 19.1 Å². The van der Waals surface area contributed by atoms with E-state index in [9.17, 15) is 27.9 Å². The molecule has 0 atom stereocenters. The van der Waals surface area contributed by atoms with Gasteiger partial charge in [-0.1, -0.05) is 34.5 Å². The molecule has 30 heavy (non-hydrogen) atoms. The summed E-state index contributed by atoms with van der Waals surface area (Å²) in [5.74, 6) is -1.45. The zero-order valence-electron chi connectivity index (χ0n) is 15.2. The molecule has 0 fully saturated rings. The second kappa shape index (κ2) is 8.11. The molecule has 0 saturated heterocycles. The standard InChI is InChI=1S/C18H13Cl2F3N4O3/c1-2-27-10(7-26-8-14(24-25-26)18(21,22)23)6-13(28)15(17(29)30)16(27)9-3-4-11(19)12(20)5-9/h3-6,8H,2,7H2,1H3,(H,29,30). The number of hydrogen-bond donors (Lipinski definition) is 1. The lowest BCUT2D eigenvalue weighted by Gasteiger charge is -2.20. The highest BCUT2D eigenvalue weighted by Crippen LogP contribution is 2.31. The largest absolute Gasteiger partial charge is 0.477 e. The van der Waals surface area contributed by atoms with E-state index < -0.39 is 28.8 Å². The number of carboxylic acid groups (broad SMARTS) is 1. The number of hydrogen-bond acceptors (Lipinski definition) is 4. The smallest absolute Gasteiger partial charge is 0.436 e. The Hall–Kier alpha value is -2.85. The van der Waals surface area contributed by atoms with Crippen LogP contribution in [-0.4, -0.2) is 30.6 Å². The van der Waals surface area contributed by atoms with Crippen LogP contribution in [0.2, 0.25) is 10.0 Å². The Balaban J connectivity index is 2.21. The molecule has 0 aliphatic rings. The predicted molar refractivity (Wildman–Crippen MR) is 103 cm³/mol. The number of rotatable bonds is 5. The van der Waals surface area contributed by atoms with Crippen LogP contribution in [0.4, 0.5) is 13.2 Å². The predicted octanol–water partition coefficient (Wildman–Crippen LogP) is 4.20. The van der Waals surface area contributed by atoms with E-state index in [1.54, 1.807) is 6.92 Å². The van der Waals surface area contributed by atoms with Gasteiger partial charge >= 0.3 is 12.1 Å². The number of carboxylic acids is 1. The van der Waals surface area contributed by atoms with Crippen molar-refractivity contribution in [3.63, 3.8) is 0 Å². The summed E-state index contributed by atoms with van der Waals surface area (Å²) < 4.78 is 40.8. The zero-order valence-corrected chi connectivity index (χ0v) is 16.8. The molecule has 1 N–H and O–H groups in total. The van der Waals surface area contributed by atoms with E-state index in [4.69, 9.17) is 23.2 Å². The molecule has 0 aliphatic carbocycles. The molecule has 0 saturated carbocycles. The number of alkyl halides is 3. The fraction of sp³-hybridized carbons (Fsp3) is 0.222. The van der Waals surface area contributed by atoms with Crippen LogP contribution in [0.3, 0.4) is 0 Å². The third-order valence-corrected chi connectivity index (χ3v) is 5.01. The maximum Gasteiger partial charge on any atom is 0.436 e. The van der Waals surface area contributed by atoms with Gasteiger partial charge in [-0.25, -0.2) is 9.48 Å². The normalized spacial score (nSPS) is 11.7. The molecule has 7 nitrogen and oxygen atoms in total. The average Bonchev–Trinajstić information content (AvgIpc) is 3.12. The van der Waals surface area contributed by atoms with E-state index in [0.717, 1.165) is 10.7 Å². The number of pyridine rings is 1. The number of benzene rings is 1. The van der Waals surface area contributed by atoms with Crippen LogP contribution in [0.15, 0.2) is 35.3 Å². The summed E-state index contributed by atoms with van der Waals surface area (Å²) in [7, 11) is 0. The molecule has 3 aromatic rings. The Kier molecular flexibility index (Phi) is 5.91. The topological polar surface area (TPSA) is 90.0 Å². The summed E-state index contributed by atoms with van der Waals surface area (Å²) in [5.41, 5.74) is -1.86. The summed E-state index contributed by atoms with van der Waals surface area (Å²) in [4.78, 5) is 24.4. The maximum absolute atomic E-state index is 12.8. The average molecular weight is 461 g/mol. The number of halogens is 5. The van der Waals surface area contributed by atoms with Gasteiger partial charge in [0.1, 0.15) is 5.56 Å². The Labute approximate surface area is 177 Å². The van der Waals surface area contributed by atoms with Crippen LogP contribution in [-0.2, 0) is 19.3 Å². The minimum Gasteiger partial charge on any atom is -0.477 e. The molecule has 0 amide bonds. The highest BCUT2D eigenvalue weighted by Gasteiger charge is 2.34. The first-order valence-corrected chi connectivity index (χ1v) is 9.21. The molecule has 0 radical (unpaired) electrons. The van der Waals surface area contributed by atoms with Crippen LogP contribution in [0, 0.1) is 0 Å². The van der Waals surface area contributed by atoms with Gasteiger partial charge in [0.15, 0.2) is 11.1 Å². The Morgan fingerprint density at radius 1 is 1.20 bits per heavy atom. The highest BCUT2D eigenvalue weighted by atomic mass is 35.5. The van der Waals surface area contributed by atoms with Gasteiger partial charge in [0.2, 0.25) is 0 Å². The molecule has 0 unspecified atom stereocenters. The molecule has 158 valence electrons. The van der Waals surface area contributed by atoms with E-state index >= 15 is 0 Å². The van der Waals surface area contributed by atoms with Crippen molar-refractivity contribution in [2.75, 3.05) is 0 Å². The van der Waals surface area contributed by atoms with Gasteiger partial charge in [0, 0.05) is 23.9 Å². The molecular formula is C18H13Cl2F3N4O3. The van der Waals surface area contributed by atoms with E-state index in [1.165, 1.54) is 22.8 Å². The van der Waals surface area contributed by atoms with Crippen molar-refractivity contribution in [2.45, 2.75) is 26.2 Å². The van der Waals surface area contributed by atoms with Crippen molar-refractivity contribution in [3.05, 3.63) is 67.7 Å². The molecular weight excluding hydrogens is 448 g/mol. The molecule has 2 heterocycles. The Morgan fingerprint density at radius 3 is 2.43 bits per heavy atom. The number of aromatic nitrogens is 4. The van der Waals surface area contributed by atoms with Gasteiger partial charge in [0.25, 0.3) is 0 Å². The fourth-order valence-corrected chi connectivity index (χ4v) is 3.31. The van der Waals surface area contributed by atoms with Crippen molar-refractivity contribution in [2.24, 2.45) is 0 Å². The first kappa shape index (κ1) is 21.8. The van der Waals surface area contributed by atoms with Gasteiger partial charge < -0.3 is 9.67 Å². The molecule has 0 bridgehead atoms. The summed E-state index contributed by atoms with van der Waals surface area (Å²) in [6, 6.07) is 5.43. The summed E-state index contributed by atoms with van der Waals surface area (Å²) in [5, 5.41) is 16.5. The SMILES string of the molecule is CCn1c(Cn2cc(C(F)(F)F)nn2)cc(=O)c(C(=O)O)c1-c1ccc(Cl)c(Cl)c1. The van der Waals surface area contributed by atoms with Crippen molar-refractivity contribution < 1.29 is 23.1 Å². The van der Waals surface area contributed by atoms with E-state index in [1.807, 2.05) is 0 Å². The third-order valence-electron chi connectivity index (χ3n) is 4.27. The molecule has 3 rings (SSSR count). The van der Waals surface area contributed by atoms with Gasteiger partial charge in [-0.2, -0.15) is 13.2 Å². The molecule has 0 aliphatic heterocycles. The van der Waals surface area contributed by atoms with Gasteiger partial charge in [-0.3, -0.25) is 4.79 Å². The maximum atomic E-state index is 12.8. The lowest BCUT2D eigenvalue weighted by Crippen LogP contribution is -2.24. The van der Waals surface area contributed by atoms with Crippen molar-refractivity contribution in [3.8, 4) is 11.3 Å². The van der Waals surface area contributed by atoms with Crippen molar-refractivity contribution in [1.29, 1.82) is 0 Å². The minimum atomic E-state index is -4.67. The molecule has 0 spiro atoms. The van der Waals surface area contributed by atoms with Crippen LogP contribution in [0.5, 0.6) is 0 Å². The van der Waals surface area contributed by atoms with E-state index in [0.29, 0.717) is 11.8 Å². The summed E-state index contributed by atoms with van der Waals surface area (Å²) in [6.07, 6.45) is -3.96. The minimum absolute atomic E-state index is 0.0576. The quantitative estimate of drug-likeness (QED) is 0.616. The Bertz CT molecular complexity index is 1190. The van der Waals surface area contributed by atoms with Gasteiger partial charge in [0.05, 0.1) is 28.5 Å². The molecule has 12 heteroatoms. The highest BCUT2D eigenvalue weighted by molar-refractivity contribution is 6.42. The second-order valence-corrected chi connectivity index (χ2v) is 7.02. The number of aromatic carboxylic acids is 1. The first-order valence-electron chi connectivity index (χ1n) is 8.45. The second-order valence-electron chi connectivity index (χ2n) is 6.20. The van der Waals surface area contributed by atoms with Crippen molar-refractivity contribution in [1.82, 2.24) is 19.6 Å². The summed E-state index contributed by atoms with van der Waals surface area (Å²) in [6.45, 7) is 1.68. The van der Waals surface area contributed by atoms with Gasteiger partial charge in [-0.15, -0.1) is 5.10 Å². The third kappa shape index (κ3) is 4.19. The van der Waals surface area contributed by atoms with Crippen LogP contribution in [0.1, 0.15) is 28.7 Å². The lowest BCUT2D eigenvalue weighted by atomic mass is 10.0. The lowest BCUT2D eigenvalue weighted by molar-refractivity contribution is -0.141. The zero-order chi connectivity index (χ0) is 22.2. The number of carbonyl (C=O) groups is 1. The van der Waals surface area contributed by atoms with Crippen molar-refractivity contribution >= 4 is 29.2 Å². The first-order chi connectivity index (χ1) is 14.0. The fourth-order valence-electron chi connectivity index (χ4n) is 3.01. The van der Waals surface area contributed by atoms with Crippen LogP contribution >= 0.6 is 23.2 Å².